The molecule has 6 nitrogen and oxygen atoms in total. The fourth-order valence-electron chi connectivity index (χ4n) is 2.43. The van der Waals surface area contributed by atoms with Crippen LogP contribution in [0.2, 0.25) is 0 Å². The Morgan fingerprint density at radius 3 is 3.06 bits per heavy atom. The molecule has 2 rings (SSSR count). The Bertz CT molecular complexity index is 416. The minimum absolute atomic E-state index is 0.153. The van der Waals surface area contributed by atoms with Gasteiger partial charge in [-0.1, -0.05) is 19.8 Å². The molecule has 2 atom stereocenters. The van der Waals surface area contributed by atoms with E-state index in [1.54, 1.807) is 7.05 Å². The molecule has 1 aliphatic carbocycles. The highest BCUT2D eigenvalue weighted by molar-refractivity contribution is 5.96. The molecule has 94 valence electrons. The number of hydrogen-bond donors (Lipinski definition) is 2. The average Bonchev–Trinajstić information content (AvgIpc) is 2.64. The lowest BCUT2D eigenvalue weighted by molar-refractivity contribution is -0.122. The minimum Gasteiger partial charge on any atom is -0.317 e. The number of nitrogens with zero attached hydrogens (tertiary/aromatic N) is 3. The molecule has 6 heteroatoms. The van der Waals surface area contributed by atoms with Crippen molar-refractivity contribution in [3.05, 3.63) is 6.33 Å². The summed E-state index contributed by atoms with van der Waals surface area (Å²) in [5.74, 6) is 0.789. The number of hydrogen-bond acceptors (Lipinski definition) is 4. The van der Waals surface area contributed by atoms with Crippen molar-refractivity contribution < 1.29 is 4.79 Å². The van der Waals surface area contributed by atoms with Crippen LogP contribution in [0.3, 0.4) is 0 Å². The zero-order chi connectivity index (χ0) is 12.5. The largest absolute Gasteiger partial charge is 0.317 e. The number of nitrogens with two attached hydrogens (primary N) is 1. The fourth-order valence-corrected chi connectivity index (χ4v) is 2.43. The highest BCUT2D eigenvalue weighted by Gasteiger charge is 2.38. The summed E-state index contributed by atoms with van der Waals surface area (Å²) in [7, 11) is 1.73. The molecule has 1 saturated carbocycles. The lowest BCUT2D eigenvalue weighted by Gasteiger charge is -2.35. The van der Waals surface area contributed by atoms with Crippen LogP contribution in [0.1, 0.15) is 32.6 Å². The number of aromatic nitrogens is 3. The summed E-state index contributed by atoms with van der Waals surface area (Å²) in [6, 6.07) is 0. The van der Waals surface area contributed by atoms with Crippen molar-refractivity contribution in [2.24, 2.45) is 18.7 Å². The third kappa shape index (κ3) is 2.46. The Labute approximate surface area is 101 Å². The second-order valence-corrected chi connectivity index (χ2v) is 5.02. The van der Waals surface area contributed by atoms with Crippen molar-refractivity contribution in [2.75, 3.05) is 5.32 Å². The number of nitrogens with one attached hydrogen (secondary N) is 1. The molecule has 2 unspecified atom stereocenters. The van der Waals surface area contributed by atoms with Gasteiger partial charge in [0, 0.05) is 7.05 Å². The third-order valence-corrected chi connectivity index (χ3v) is 3.42. The van der Waals surface area contributed by atoms with E-state index in [9.17, 15) is 4.79 Å². The van der Waals surface area contributed by atoms with Gasteiger partial charge in [-0.3, -0.25) is 10.1 Å². The molecular weight excluding hydrogens is 218 g/mol. The van der Waals surface area contributed by atoms with Gasteiger partial charge in [-0.15, -0.1) is 0 Å². The lowest BCUT2D eigenvalue weighted by atomic mass is 9.76. The predicted octanol–water partition coefficient (Wildman–Crippen LogP) is 0.661. The van der Waals surface area contributed by atoms with Gasteiger partial charge in [0.25, 0.3) is 0 Å². The quantitative estimate of drug-likeness (QED) is 0.791. The Kier molecular flexibility index (Phi) is 3.15. The number of amides is 1. The van der Waals surface area contributed by atoms with E-state index >= 15 is 0 Å². The first-order valence-electron chi connectivity index (χ1n) is 5.95. The van der Waals surface area contributed by atoms with Crippen LogP contribution in [-0.2, 0) is 11.8 Å². The highest BCUT2D eigenvalue weighted by atomic mass is 16.2. The summed E-state index contributed by atoms with van der Waals surface area (Å²) < 4.78 is 1.52. The molecule has 0 bridgehead atoms. The van der Waals surface area contributed by atoms with Crippen LogP contribution < -0.4 is 11.1 Å². The molecule has 1 heterocycles. The van der Waals surface area contributed by atoms with E-state index in [1.807, 2.05) is 0 Å². The lowest BCUT2D eigenvalue weighted by Crippen LogP contribution is -2.54. The smallest absolute Gasteiger partial charge is 0.246 e. The van der Waals surface area contributed by atoms with E-state index in [0.29, 0.717) is 11.9 Å². The number of anilines is 1. The van der Waals surface area contributed by atoms with E-state index in [-0.39, 0.29) is 5.91 Å². The first-order chi connectivity index (χ1) is 8.01. The summed E-state index contributed by atoms with van der Waals surface area (Å²) >= 11 is 0. The molecule has 3 N–H and O–H groups in total. The first kappa shape index (κ1) is 12.0. The summed E-state index contributed by atoms with van der Waals surface area (Å²) in [6.07, 6.45) is 5.03. The maximum Gasteiger partial charge on any atom is 0.246 e. The fraction of sp³-hybridized carbons (Fsp3) is 0.727. The molecule has 1 aliphatic rings. The summed E-state index contributed by atoms with van der Waals surface area (Å²) in [5.41, 5.74) is 5.43. The second kappa shape index (κ2) is 4.44. The Hall–Kier alpha value is -1.43. The van der Waals surface area contributed by atoms with Gasteiger partial charge in [0.1, 0.15) is 6.33 Å². The van der Waals surface area contributed by atoms with Gasteiger partial charge < -0.3 is 5.73 Å². The average molecular weight is 237 g/mol. The van der Waals surface area contributed by atoms with Crippen molar-refractivity contribution in [3.8, 4) is 0 Å². The molecule has 17 heavy (non-hydrogen) atoms. The number of carbonyl (C=O) groups is 1. The molecule has 0 spiro atoms. The van der Waals surface area contributed by atoms with Crippen LogP contribution in [0, 0.1) is 5.92 Å². The van der Waals surface area contributed by atoms with E-state index in [1.165, 1.54) is 11.0 Å². The van der Waals surface area contributed by atoms with E-state index in [4.69, 9.17) is 5.73 Å². The van der Waals surface area contributed by atoms with Crippen molar-refractivity contribution in [1.29, 1.82) is 0 Å². The molecule has 0 saturated heterocycles. The summed E-state index contributed by atoms with van der Waals surface area (Å²) in [5, 5.41) is 6.65. The molecule has 1 aromatic rings. The molecular formula is C11H19N5O. The molecule has 0 radical (unpaired) electrons. The van der Waals surface area contributed by atoms with Gasteiger partial charge in [-0.05, 0) is 18.8 Å². The predicted molar refractivity (Wildman–Crippen MR) is 64.2 cm³/mol. The summed E-state index contributed by atoms with van der Waals surface area (Å²) in [6.45, 7) is 2.14. The minimum atomic E-state index is -0.760. The first-order valence-corrected chi connectivity index (χ1v) is 5.95. The van der Waals surface area contributed by atoms with Crippen LogP contribution in [0.25, 0.3) is 0 Å². The standard InChI is InChI=1S/C11H19N5O/c1-8-4-3-5-11(12,6-8)9(17)15-10-13-7-14-16(10)2/h7-8H,3-6,12H2,1-2H3,(H,13,14,15,17). The van der Waals surface area contributed by atoms with Crippen molar-refractivity contribution in [3.63, 3.8) is 0 Å². The Morgan fingerprint density at radius 1 is 1.71 bits per heavy atom. The number of rotatable bonds is 2. The Morgan fingerprint density at radius 2 is 2.47 bits per heavy atom. The van der Waals surface area contributed by atoms with E-state index in [0.717, 1.165) is 25.7 Å². The number of carbonyl (C=O) groups excluding carboxylic acids is 1. The third-order valence-electron chi connectivity index (χ3n) is 3.42. The van der Waals surface area contributed by atoms with Crippen molar-refractivity contribution in [1.82, 2.24) is 14.8 Å². The van der Waals surface area contributed by atoms with E-state index < -0.39 is 5.54 Å². The van der Waals surface area contributed by atoms with Crippen LogP contribution in [0.5, 0.6) is 0 Å². The maximum atomic E-state index is 12.2. The monoisotopic (exact) mass is 237 g/mol. The Balaban J connectivity index is 2.07. The molecule has 1 fully saturated rings. The van der Waals surface area contributed by atoms with Gasteiger partial charge in [0.2, 0.25) is 11.9 Å². The van der Waals surface area contributed by atoms with Crippen LogP contribution >= 0.6 is 0 Å². The van der Waals surface area contributed by atoms with Crippen molar-refractivity contribution in [2.45, 2.75) is 38.1 Å². The summed E-state index contributed by atoms with van der Waals surface area (Å²) in [4.78, 5) is 16.1. The SMILES string of the molecule is CC1CCCC(N)(C(=O)Nc2ncnn2C)C1. The topological polar surface area (TPSA) is 85.8 Å². The van der Waals surface area contributed by atoms with Crippen LogP contribution in [0.4, 0.5) is 5.95 Å². The van der Waals surface area contributed by atoms with Crippen LogP contribution in [-0.4, -0.2) is 26.2 Å². The maximum absolute atomic E-state index is 12.2. The molecule has 0 aromatic carbocycles. The molecule has 1 aromatic heterocycles. The molecule has 1 amide bonds. The highest BCUT2D eigenvalue weighted by Crippen LogP contribution is 2.31. The number of aryl methyl sites for hydroxylation is 1. The zero-order valence-corrected chi connectivity index (χ0v) is 10.3. The second-order valence-electron chi connectivity index (χ2n) is 5.02. The molecule has 0 aliphatic heterocycles. The van der Waals surface area contributed by atoms with Crippen LogP contribution in [0.15, 0.2) is 6.33 Å². The van der Waals surface area contributed by atoms with Gasteiger partial charge >= 0.3 is 0 Å². The van der Waals surface area contributed by atoms with E-state index in [2.05, 4.69) is 22.3 Å². The normalized spacial score (nSPS) is 29.0. The zero-order valence-electron chi connectivity index (χ0n) is 10.3. The van der Waals surface area contributed by atoms with Gasteiger partial charge in [0.05, 0.1) is 5.54 Å². The van der Waals surface area contributed by atoms with Gasteiger partial charge in [0.15, 0.2) is 0 Å². The van der Waals surface area contributed by atoms with Gasteiger partial charge in [-0.2, -0.15) is 10.1 Å². The van der Waals surface area contributed by atoms with Gasteiger partial charge in [-0.25, -0.2) is 4.68 Å². The van der Waals surface area contributed by atoms with Crippen molar-refractivity contribution >= 4 is 11.9 Å².